The maximum absolute atomic E-state index is 13.2. The molecule has 4 nitrogen and oxygen atoms in total. The Balaban J connectivity index is 1.61. The summed E-state index contributed by atoms with van der Waals surface area (Å²) >= 11 is 1.40. The number of nitrogens with one attached hydrogen (secondary N) is 2. The number of halogens is 1. The standard InChI is InChI=1S/C19H17FN2O2S/c1-12-4-2-3-5-16(12)22-19(24)11-25-10-14-9-18(23)15-8-13(20)6-7-17(15)21-14/h2-9H,10-11H2,1H3,(H,21,23)(H,22,24). The van der Waals surface area contributed by atoms with Crippen LogP contribution < -0.4 is 10.7 Å². The second-order valence-electron chi connectivity index (χ2n) is 5.70. The molecule has 128 valence electrons. The number of aromatic amines is 1. The fourth-order valence-corrected chi connectivity index (χ4v) is 3.24. The van der Waals surface area contributed by atoms with Gasteiger partial charge in [-0.25, -0.2) is 4.39 Å². The van der Waals surface area contributed by atoms with Crippen LogP contribution in [0.2, 0.25) is 0 Å². The van der Waals surface area contributed by atoms with Crippen LogP contribution in [0.4, 0.5) is 10.1 Å². The highest BCUT2D eigenvalue weighted by Gasteiger charge is 2.07. The van der Waals surface area contributed by atoms with Crippen LogP contribution in [0.1, 0.15) is 11.3 Å². The van der Waals surface area contributed by atoms with E-state index in [1.165, 1.54) is 30.0 Å². The summed E-state index contributed by atoms with van der Waals surface area (Å²) < 4.78 is 13.2. The number of aryl methyl sites for hydroxylation is 1. The number of anilines is 1. The topological polar surface area (TPSA) is 62.0 Å². The number of aromatic nitrogens is 1. The normalized spacial score (nSPS) is 10.8. The van der Waals surface area contributed by atoms with Gasteiger partial charge in [-0.3, -0.25) is 9.59 Å². The summed E-state index contributed by atoms with van der Waals surface area (Å²) in [6.07, 6.45) is 0. The molecule has 0 aliphatic heterocycles. The van der Waals surface area contributed by atoms with Crippen LogP contribution in [0.3, 0.4) is 0 Å². The number of thioether (sulfide) groups is 1. The van der Waals surface area contributed by atoms with E-state index < -0.39 is 5.82 Å². The molecule has 6 heteroatoms. The van der Waals surface area contributed by atoms with Crippen molar-refractivity contribution in [2.45, 2.75) is 12.7 Å². The molecule has 0 bridgehead atoms. The average molecular weight is 356 g/mol. The zero-order chi connectivity index (χ0) is 17.8. The second-order valence-corrected chi connectivity index (χ2v) is 6.69. The van der Waals surface area contributed by atoms with Gasteiger partial charge in [0.15, 0.2) is 5.43 Å². The summed E-state index contributed by atoms with van der Waals surface area (Å²) in [6.45, 7) is 1.94. The van der Waals surface area contributed by atoms with E-state index in [0.29, 0.717) is 22.3 Å². The van der Waals surface area contributed by atoms with Crippen molar-refractivity contribution in [2.24, 2.45) is 0 Å². The summed E-state index contributed by atoms with van der Waals surface area (Å²) in [5.41, 5.74) is 2.88. The summed E-state index contributed by atoms with van der Waals surface area (Å²) in [4.78, 5) is 27.2. The predicted octanol–water partition coefficient (Wildman–Crippen LogP) is 3.85. The Morgan fingerprint density at radius 3 is 2.80 bits per heavy atom. The Bertz CT molecular complexity index is 985. The van der Waals surface area contributed by atoms with Crippen molar-refractivity contribution in [2.75, 3.05) is 11.1 Å². The molecular weight excluding hydrogens is 339 g/mol. The molecule has 0 spiro atoms. The molecule has 25 heavy (non-hydrogen) atoms. The number of H-pyrrole nitrogens is 1. The summed E-state index contributed by atoms with van der Waals surface area (Å²) in [6, 6.07) is 13.1. The molecule has 0 unspecified atom stereocenters. The van der Waals surface area contributed by atoms with E-state index >= 15 is 0 Å². The largest absolute Gasteiger partial charge is 0.357 e. The number of carbonyl (C=O) groups is 1. The quantitative estimate of drug-likeness (QED) is 0.730. The fourth-order valence-electron chi connectivity index (χ4n) is 2.51. The Kier molecular flexibility index (Phi) is 5.19. The van der Waals surface area contributed by atoms with Gasteiger partial charge in [-0.05, 0) is 36.8 Å². The van der Waals surface area contributed by atoms with Gasteiger partial charge in [-0.1, -0.05) is 18.2 Å². The van der Waals surface area contributed by atoms with Crippen molar-refractivity contribution < 1.29 is 9.18 Å². The van der Waals surface area contributed by atoms with Gasteiger partial charge in [0, 0.05) is 34.1 Å². The number of hydrogen-bond acceptors (Lipinski definition) is 3. The third kappa shape index (κ3) is 4.28. The van der Waals surface area contributed by atoms with Crippen LogP contribution in [0.5, 0.6) is 0 Å². The number of amides is 1. The molecule has 3 aromatic rings. The SMILES string of the molecule is Cc1ccccc1NC(=O)CSCc1cc(=O)c2cc(F)ccc2[nH]1. The minimum Gasteiger partial charge on any atom is -0.357 e. The van der Waals surface area contributed by atoms with Crippen LogP contribution in [0, 0.1) is 12.7 Å². The van der Waals surface area contributed by atoms with E-state index in [9.17, 15) is 14.0 Å². The summed E-state index contributed by atoms with van der Waals surface area (Å²) in [7, 11) is 0. The maximum atomic E-state index is 13.2. The Morgan fingerprint density at radius 2 is 2.00 bits per heavy atom. The molecule has 0 atom stereocenters. The molecule has 1 heterocycles. The van der Waals surface area contributed by atoms with E-state index in [1.807, 2.05) is 31.2 Å². The number of hydrogen-bond donors (Lipinski definition) is 2. The van der Waals surface area contributed by atoms with Crippen LogP contribution >= 0.6 is 11.8 Å². The molecule has 0 saturated carbocycles. The zero-order valence-corrected chi connectivity index (χ0v) is 14.5. The van der Waals surface area contributed by atoms with Crippen molar-refractivity contribution in [1.29, 1.82) is 0 Å². The van der Waals surface area contributed by atoms with Crippen LogP contribution in [0.15, 0.2) is 53.3 Å². The lowest BCUT2D eigenvalue weighted by molar-refractivity contribution is -0.113. The lowest BCUT2D eigenvalue weighted by atomic mass is 10.2. The van der Waals surface area contributed by atoms with Gasteiger partial charge in [-0.15, -0.1) is 11.8 Å². The first-order valence-electron chi connectivity index (χ1n) is 7.77. The highest BCUT2D eigenvalue weighted by Crippen LogP contribution is 2.16. The Labute approximate surface area is 148 Å². The Hall–Kier alpha value is -2.60. The van der Waals surface area contributed by atoms with Crippen molar-refractivity contribution in [1.82, 2.24) is 4.98 Å². The third-order valence-electron chi connectivity index (χ3n) is 3.76. The number of fused-ring (bicyclic) bond motifs is 1. The van der Waals surface area contributed by atoms with E-state index in [4.69, 9.17) is 0 Å². The number of rotatable bonds is 5. The van der Waals surface area contributed by atoms with Gasteiger partial charge >= 0.3 is 0 Å². The number of carbonyl (C=O) groups excluding carboxylic acids is 1. The molecule has 1 amide bonds. The minimum absolute atomic E-state index is 0.0930. The van der Waals surface area contributed by atoms with E-state index in [2.05, 4.69) is 10.3 Å². The van der Waals surface area contributed by atoms with Crippen molar-refractivity contribution in [3.05, 3.63) is 75.8 Å². The second kappa shape index (κ2) is 7.53. The van der Waals surface area contributed by atoms with Crippen molar-refractivity contribution in [3.8, 4) is 0 Å². The highest BCUT2D eigenvalue weighted by atomic mass is 32.2. The molecule has 3 rings (SSSR count). The van der Waals surface area contributed by atoms with Gasteiger partial charge < -0.3 is 10.3 Å². The Morgan fingerprint density at radius 1 is 1.20 bits per heavy atom. The van der Waals surface area contributed by atoms with Crippen LogP contribution in [0.25, 0.3) is 10.9 Å². The summed E-state index contributed by atoms with van der Waals surface area (Å²) in [5, 5.41) is 3.20. The molecule has 0 aliphatic carbocycles. The summed E-state index contributed by atoms with van der Waals surface area (Å²) in [5.74, 6) is 0.235. The molecule has 0 aliphatic rings. The fraction of sp³-hybridized carbons (Fsp3) is 0.158. The van der Waals surface area contributed by atoms with E-state index in [0.717, 1.165) is 11.3 Å². The first-order chi connectivity index (χ1) is 12.0. The van der Waals surface area contributed by atoms with Gasteiger partial charge in [0.2, 0.25) is 5.91 Å². The van der Waals surface area contributed by atoms with Gasteiger partial charge in [0.1, 0.15) is 5.82 Å². The molecule has 1 aromatic heterocycles. The minimum atomic E-state index is -0.437. The molecule has 0 radical (unpaired) electrons. The van der Waals surface area contributed by atoms with Crippen LogP contribution in [-0.4, -0.2) is 16.6 Å². The molecular formula is C19H17FN2O2S. The smallest absolute Gasteiger partial charge is 0.234 e. The average Bonchev–Trinajstić information content (AvgIpc) is 2.58. The molecule has 0 fully saturated rings. The third-order valence-corrected chi connectivity index (χ3v) is 4.74. The number of para-hydroxylation sites is 1. The molecule has 0 saturated heterocycles. The lowest BCUT2D eigenvalue weighted by Crippen LogP contribution is -2.15. The van der Waals surface area contributed by atoms with Crippen molar-refractivity contribution >= 4 is 34.3 Å². The molecule has 2 N–H and O–H groups in total. The first-order valence-corrected chi connectivity index (χ1v) is 8.93. The zero-order valence-electron chi connectivity index (χ0n) is 13.6. The first kappa shape index (κ1) is 17.2. The molecule has 2 aromatic carbocycles. The van der Waals surface area contributed by atoms with E-state index in [-0.39, 0.29) is 17.1 Å². The van der Waals surface area contributed by atoms with Gasteiger partial charge in [-0.2, -0.15) is 0 Å². The lowest BCUT2D eigenvalue weighted by Gasteiger charge is -2.08. The monoisotopic (exact) mass is 356 g/mol. The van der Waals surface area contributed by atoms with E-state index in [1.54, 1.807) is 6.07 Å². The number of benzene rings is 2. The van der Waals surface area contributed by atoms with Crippen molar-refractivity contribution in [3.63, 3.8) is 0 Å². The maximum Gasteiger partial charge on any atom is 0.234 e. The predicted molar refractivity (Wildman–Crippen MR) is 100 cm³/mol. The van der Waals surface area contributed by atoms with Gasteiger partial charge in [0.25, 0.3) is 0 Å². The highest BCUT2D eigenvalue weighted by molar-refractivity contribution is 7.99. The number of pyridine rings is 1. The van der Waals surface area contributed by atoms with Gasteiger partial charge in [0.05, 0.1) is 5.75 Å². The van der Waals surface area contributed by atoms with Crippen LogP contribution in [-0.2, 0) is 10.5 Å².